The second-order valence-corrected chi connectivity index (χ2v) is 7.67. The van der Waals surface area contributed by atoms with Crippen molar-refractivity contribution in [1.29, 1.82) is 0 Å². The number of benzene rings is 2. The van der Waals surface area contributed by atoms with Gasteiger partial charge in [-0.05, 0) is 30.5 Å². The van der Waals surface area contributed by atoms with E-state index in [2.05, 4.69) is 0 Å². The van der Waals surface area contributed by atoms with Gasteiger partial charge in [-0.1, -0.05) is 30.3 Å². The Morgan fingerprint density at radius 2 is 1.79 bits per heavy atom. The molecule has 0 N–H and O–H groups in total. The van der Waals surface area contributed by atoms with Crippen LogP contribution in [0.25, 0.3) is 0 Å². The van der Waals surface area contributed by atoms with Crippen LogP contribution in [0.15, 0.2) is 48.5 Å². The van der Waals surface area contributed by atoms with E-state index in [0.29, 0.717) is 32.5 Å². The van der Waals surface area contributed by atoms with E-state index >= 15 is 0 Å². The molecule has 2 aliphatic rings. The van der Waals surface area contributed by atoms with Gasteiger partial charge in [0.25, 0.3) is 0 Å². The molecular formula is C23H25F2NO3. The van der Waals surface area contributed by atoms with E-state index in [0.717, 1.165) is 24.5 Å². The maximum Gasteiger partial charge on any atom is 0.228 e. The average molecular weight is 401 g/mol. The number of hydrogen-bond donors (Lipinski definition) is 0. The molecule has 2 unspecified atom stereocenters. The monoisotopic (exact) mass is 401 g/mol. The van der Waals surface area contributed by atoms with Crippen molar-refractivity contribution in [2.45, 2.75) is 37.9 Å². The fourth-order valence-electron chi connectivity index (χ4n) is 4.18. The fourth-order valence-corrected chi connectivity index (χ4v) is 4.18. The maximum absolute atomic E-state index is 13.8. The molecule has 0 spiro atoms. The SMILES string of the molecule is O=C(C1CCCOC1c1ccccc1)N1CCC(Oc2ccc(F)cc2F)CC1. The van der Waals surface area contributed by atoms with Gasteiger partial charge in [-0.2, -0.15) is 0 Å². The highest BCUT2D eigenvalue weighted by atomic mass is 19.1. The van der Waals surface area contributed by atoms with Crippen LogP contribution in [0.2, 0.25) is 0 Å². The van der Waals surface area contributed by atoms with E-state index in [-0.39, 0.29) is 29.8 Å². The Morgan fingerprint density at radius 1 is 1.03 bits per heavy atom. The number of piperidine rings is 1. The third kappa shape index (κ3) is 4.58. The molecule has 1 amide bonds. The van der Waals surface area contributed by atoms with Gasteiger partial charge in [0, 0.05) is 38.6 Å². The quantitative estimate of drug-likeness (QED) is 0.757. The summed E-state index contributed by atoms with van der Waals surface area (Å²) < 4.78 is 38.5. The van der Waals surface area contributed by atoms with Crippen LogP contribution >= 0.6 is 0 Å². The molecule has 0 aliphatic carbocycles. The van der Waals surface area contributed by atoms with Crippen molar-refractivity contribution in [3.8, 4) is 5.75 Å². The molecule has 4 rings (SSSR count). The highest BCUT2D eigenvalue weighted by Gasteiger charge is 2.37. The molecule has 0 saturated carbocycles. The molecule has 154 valence electrons. The third-order valence-electron chi connectivity index (χ3n) is 5.71. The molecule has 2 saturated heterocycles. The molecule has 0 radical (unpaired) electrons. The Labute approximate surface area is 169 Å². The first-order valence-corrected chi connectivity index (χ1v) is 10.2. The number of nitrogens with zero attached hydrogens (tertiary/aromatic N) is 1. The number of carbonyl (C=O) groups is 1. The Bertz CT molecular complexity index is 837. The van der Waals surface area contributed by atoms with Crippen molar-refractivity contribution in [1.82, 2.24) is 4.90 Å². The van der Waals surface area contributed by atoms with Crippen LogP contribution in [0.4, 0.5) is 8.78 Å². The summed E-state index contributed by atoms with van der Waals surface area (Å²) in [5.41, 5.74) is 1.04. The molecule has 0 bridgehead atoms. The zero-order valence-corrected chi connectivity index (χ0v) is 16.2. The van der Waals surface area contributed by atoms with Gasteiger partial charge in [0.1, 0.15) is 11.9 Å². The summed E-state index contributed by atoms with van der Waals surface area (Å²) in [6.45, 7) is 1.79. The molecule has 4 nitrogen and oxygen atoms in total. The lowest BCUT2D eigenvalue weighted by molar-refractivity contribution is -0.147. The molecule has 2 aliphatic heterocycles. The van der Waals surface area contributed by atoms with E-state index in [4.69, 9.17) is 9.47 Å². The first-order chi connectivity index (χ1) is 14.1. The van der Waals surface area contributed by atoms with Gasteiger partial charge in [-0.25, -0.2) is 8.78 Å². The second kappa shape index (κ2) is 8.91. The predicted octanol–water partition coefficient (Wildman–Crippen LogP) is 4.50. The minimum absolute atomic E-state index is 0.0565. The minimum Gasteiger partial charge on any atom is -0.487 e. The summed E-state index contributed by atoms with van der Waals surface area (Å²) in [6.07, 6.45) is 2.53. The van der Waals surface area contributed by atoms with Gasteiger partial charge >= 0.3 is 0 Å². The predicted molar refractivity (Wildman–Crippen MR) is 104 cm³/mol. The fraction of sp³-hybridized carbons (Fsp3) is 0.435. The Hall–Kier alpha value is -2.47. The van der Waals surface area contributed by atoms with Crippen LogP contribution in [-0.2, 0) is 9.53 Å². The largest absolute Gasteiger partial charge is 0.487 e. The molecule has 2 atom stereocenters. The molecule has 2 aromatic carbocycles. The number of halogens is 2. The maximum atomic E-state index is 13.8. The number of likely N-dealkylation sites (tertiary alicyclic amines) is 1. The van der Waals surface area contributed by atoms with Gasteiger partial charge in [-0.15, -0.1) is 0 Å². The van der Waals surface area contributed by atoms with E-state index in [1.165, 1.54) is 12.1 Å². The van der Waals surface area contributed by atoms with Crippen molar-refractivity contribution in [3.05, 3.63) is 65.7 Å². The summed E-state index contributed by atoms with van der Waals surface area (Å²) in [7, 11) is 0. The van der Waals surface area contributed by atoms with Gasteiger partial charge in [0.2, 0.25) is 5.91 Å². The van der Waals surface area contributed by atoms with Crippen LogP contribution in [0.3, 0.4) is 0 Å². The van der Waals surface area contributed by atoms with Crippen LogP contribution in [-0.4, -0.2) is 36.6 Å². The van der Waals surface area contributed by atoms with Gasteiger partial charge in [-0.3, -0.25) is 4.79 Å². The van der Waals surface area contributed by atoms with Crippen molar-refractivity contribution >= 4 is 5.91 Å². The summed E-state index contributed by atoms with van der Waals surface area (Å²) in [5.74, 6) is -1.34. The highest BCUT2D eigenvalue weighted by Crippen LogP contribution is 2.35. The lowest BCUT2D eigenvalue weighted by atomic mass is 9.87. The molecule has 6 heteroatoms. The van der Waals surface area contributed by atoms with Crippen LogP contribution in [0.5, 0.6) is 5.75 Å². The second-order valence-electron chi connectivity index (χ2n) is 7.67. The highest BCUT2D eigenvalue weighted by molar-refractivity contribution is 5.80. The summed E-state index contributed by atoms with van der Waals surface area (Å²) in [4.78, 5) is 15.1. The van der Waals surface area contributed by atoms with Gasteiger partial charge in [0.05, 0.1) is 12.0 Å². The number of ether oxygens (including phenoxy) is 2. The van der Waals surface area contributed by atoms with E-state index in [9.17, 15) is 13.6 Å². The van der Waals surface area contributed by atoms with Gasteiger partial charge < -0.3 is 14.4 Å². The van der Waals surface area contributed by atoms with Crippen molar-refractivity contribution in [3.63, 3.8) is 0 Å². The van der Waals surface area contributed by atoms with E-state index < -0.39 is 11.6 Å². The number of amides is 1. The number of hydrogen-bond acceptors (Lipinski definition) is 3. The van der Waals surface area contributed by atoms with Crippen LogP contribution < -0.4 is 4.74 Å². The summed E-state index contributed by atoms with van der Waals surface area (Å²) in [5, 5.41) is 0. The molecular weight excluding hydrogens is 376 g/mol. The lowest BCUT2D eigenvalue weighted by Crippen LogP contribution is -2.46. The Morgan fingerprint density at radius 3 is 2.52 bits per heavy atom. The average Bonchev–Trinajstić information content (AvgIpc) is 2.76. The number of rotatable bonds is 4. The van der Waals surface area contributed by atoms with Crippen molar-refractivity contribution < 1.29 is 23.0 Å². The molecule has 0 aromatic heterocycles. The van der Waals surface area contributed by atoms with Crippen molar-refractivity contribution in [2.75, 3.05) is 19.7 Å². The minimum atomic E-state index is -0.700. The summed E-state index contributed by atoms with van der Waals surface area (Å²) >= 11 is 0. The van der Waals surface area contributed by atoms with Crippen molar-refractivity contribution in [2.24, 2.45) is 5.92 Å². The zero-order chi connectivity index (χ0) is 20.2. The van der Waals surface area contributed by atoms with Crippen LogP contribution in [0.1, 0.15) is 37.4 Å². The zero-order valence-electron chi connectivity index (χ0n) is 16.2. The first kappa shape index (κ1) is 19.8. The smallest absolute Gasteiger partial charge is 0.228 e. The van der Waals surface area contributed by atoms with E-state index in [1.807, 2.05) is 35.2 Å². The van der Waals surface area contributed by atoms with Gasteiger partial charge in [0.15, 0.2) is 11.6 Å². The van der Waals surface area contributed by atoms with E-state index in [1.54, 1.807) is 0 Å². The third-order valence-corrected chi connectivity index (χ3v) is 5.71. The Balaban J connectivity index is 1.36. The van der Waals surface area contributed by atoms with Crippen LogP contribution in [0, 0.1) is 17.6 Å². The normalized spacial score (nSPS) is 23.0. The topological polar surface area (TPSA) is 38.8 Å². The lowest BCUT2D eigenvalue weighted by Gasteiger charge is -2.38. The molecule has 29 heavy (non-hydrogen) atoms. The standard InChI is InChI=1S/C23H25F2NO3/c24-17-8-9-21(20(25)15-17)29-18-10-12-26(13-11-18)23(27)19-7-4-14-28-22(19)16-5-2-1-3-6-16/h1-3,5-6,8-9,15,18-19,22H,4,7,10-14H2. The first-order valence-electron chi connectivity index (χ1n) is 10.2. The molecule has 2 aromatic rings. The summed E-state index contributed by atoms with van der Waals surface area (Å²) in [6, 6.07) is 13.2. The Kier molecular flexibility index (Phi) is 6.09. The molecule has 2 heterocycles. The number of carbonyl (C=O) groups excluding carboxylic acids is 1. The molecule has 2 fully saturated rings.